The summed E-state index contributed by atoms with van der Waals surface area (Å²) in [6, 6.07) is 2.90. The lowest BCUT2D eigenvalue weighted by molar-refractivity contribution is -0.140. The zero-order chi connectivity index (χ0) is 12.9. The highest BCUT2D eigenvalue weighted by atomic mass is 19.4. The summed E-state index contributed by atoms with van der Waals surface area (Å²) in [7, 11) is 1.54. The number of benzene rings is 1. The fourth-order valence-electron chi connectivity index (χ4n) is 1.31. The molecule has 0 aromatic heterocycles. The van der Waals surface area contributed by atoms with Gasteiger partial charge >= 0.3 is 6.18 Å². The highest BCUT2D eigenvalue weighted by Gasteiger charge is 2.33. The minimum atomic E-state index is -4.65. The smallest absolute Gasteiger partial charge is 0.383 e. The molecule has 6 heteroatoms. The Kier molecular flexibility index (Phi) is 4.89. The van der Waals surface area contributed by atoms with Crippen LogP contribution in [-0.4, -0.2) is 20.3 Å². The first-order chi connectivity index (χ1) is 7.95. The first-order valence-corrected chi connectivity index (χ1v) is 5.00. The quantitative estimate of drug-likeness (QED) is 0.641. The summed E-state index contributed by atoms with van der Waals surface area (Å²) in [4.78, 5) is 0. The third-order valence-corrected chi connectivity index (χ3v) is 2.15. The number of hydrogen-bond donors (Lipinski definition) is 1. The zero-order valence-corrected chi connectivity index (χ0v) is 9.27. The van der Waals surface area contributed by atoms with Crippen LogP contribution < -0.4 is 5.32 Å². The topological polar surface area (TPSA) is 21.3 Å². The zero-order valence-electron chi connectivity index (χ0n) is 9.27. The fraction of sp³-hybridized carbons (Fsp3) is 0.455. The molecule has 96 valence electrons. The van der Waals surface area contributed by atoms with Crippen molar-refractivity contribution >= 4 is 0 Å². The number of methoxy groups -OCH3 is 1. The van der Waals surface area contributed by atoms with E-state index in [-0.39, 0.29) is 0 Å². The van der Waals surface area contributed by atoms with E-state index in [0.29, 0.717) is 25.3 Å². The largest absolute Gasteiger partial charge is 0.419 e. The minimum Gasteiger partial charge on any atom is -0.383 e. The molecule has 0 amide bonds. The van der Waals surface area contributed by atoms with E-state index in [1.54, 1.807) is 7.11 Å². The first kappa shape index (κ1) is 13.9. The molecular weight excluding hydrogens is 238 g/mol. The Morgan fingerprint density at radius 3 is 2.53 bits per heavy atom. The summed E-state index contributed by atoms with van der Waals surface area (Å²) in [6.45, 7) is 1.35. The van der Waals surface area contributed by atoms with Crippen molar-refractivity contribution in [2.45, 2.75) is 12.7 Å². The molecule has 0 spiro atoms. The third kappa shape index (κ3) is 4.32. The van der Waals surface area contributed by atoms with Crippen molar-refractivity contribution in [1.82, 2.24) is 5.32 Å². The number of ether oxygens (including phenoxy) is 1. The standard InChI is InChI=1S/C11H13F4NO/c1-17-5-4-16-7-8-2-3-9(10(12)6-8)11(13,14)15/h2-3,6,16H,4-5,7H2,1H3. The number of rotatable bonds is 5. The maximum atomic E-state index is 13.1. The molecule has 0 saturated carbocycles. The number of alkyl halides is 3. The molecule has 0 heterocycles. The van der Waals surface area contributed by atoms with Crippen LogP contribution in [0.15, 0.2) is 18.2 Å². The second-order valence-electron chi connectivity index (χ2n) is 3.48. The van der Waals surface area contributed by atoms with Crippen molar-refractivity contribution in [2.24, 2.45) is 0 Å². The van der Waals surface area contributed by atoms with E-state index in [1.807, 2.05) is 0 Å². The lowest BCUT2D eigenvalue weighted by Crippen LogP contribution is -2.19. The van der Waals surface area contributed by atoms with Gasteiger partial charge in [0.05, 0.1) is 12.2 Å². The van der Waals surface area contributed by atoms with Crippen molar-refractivity contribution in [3.63, 3.8) is 0 Å². The van der Waals surface area contributed by atoms with Gasteiger partial charge in [-0.2, -0.15) is 13.2 Å². The fourth-order valence-corrected chi connectivity index (χ4v) is 1.31. The molecule has 0 aliphatic rings. The first-order valence-electron chi connectivity index (χ1n) is 5.00. The highest BCUT2D eigenvalue weighted by molar-refractivity contribution is 5.26. The van der Waals surface area contributed by atoms with E-state index in [1.165, 1.54) is 6.07 Å². The molecular formula is C11H13F4NO. The molecule has 0 aliphatic carbocycles. The van der Waals surface area contributed by atoms with Crippen molar-refractivity contribution in [3.8, 4) is 0 Å². The van der Waals surface area contributed by atoms with Gasteiger partial charge in [0, 0.05) is 20.2 Å². The van der Waals surface area contributed by atoms with E-state index in [2.05, 4.69) is 5.32 Å². The average molecular weight is 251 g/mol. The van der Waals surface area contributed by atoms with Gasteiger partial charge in [0.25, 0.3) is 0 Å². The number of nitrogens with one attached hydrogen (secondary N) is 1. The van der Waals surface area contributed by atoms with E-state index in [9.17, 15) is 17.6 Å². The van der Waals surface area contributed by atoms with E-state index >= 15 is 0 Å². The number of hydrogen-bond acceptors (Lipinski definition) is 2. The molecule has 0 aliphatic heterocycles. The van der Waals surface area contributed by atoms with Crippen LogP contribution in [0.3, 0.4) is 0 Å². The molecule has 2 nitrogen and oxygen atoms in total. The van der Waals surface area contributed by atoms with Gasteiger partial charge < -0.3 is 10.1 Å². The summed E-state index contributed by atoms with van der Waals surface area (Å²) in [5.74, 6) is -1.25. The summed E-state index contributed by atoms with van der Waals surface area (Å²) < 4.78 is 54.7. The van der Waals surface area contributed by atoms with Gasteiger partial charge in [-0.1, -0.05) is 6.07 Å². The highest BCUT2D eigenvalue weighted by Crippen LogP contribution is 2.31. The van der Waals surface area contributed by atoms with E-state index in [4.69, 9.17) is 4.74 Å². The molecule has 0 bridgehead atoms. The van der Waals surface area contributed by atoms with Crippen LogP contribution in [0.25, 0.3) is 0 Å². The van der Waals surface area contributed by atoms with Crippen LogP contribution in [0.2, 0.25) is 0 Å². The second kappa shape index (κ2) is 5.97. The van der Waals surface area contributed by atoms with Crippen LogP contribution in [-0.2, 0) is 17.5 Å². The number of halogens is 4. The molecule has 0 saturated heterocycles. The Hall–Kier alpha value is -1.14. The Labute approximate surface area is 96.6 Å². The molecule has 1 aromatic carbocycles. The lowest BCUT2D eigenvalue weighted by Gasteiger charge is -2.09. The van der Waals surface area contributed by atoms with Crippen molar-refractivity contribution < 1.29 is 22.3 Å². The summed E-state index contributed by atoms with van der Waals surface area (Å²) in [5, 5.41) is 2.92. The van der Waals surface area contributed by atoms with Crippen LogP contribution >= 0.6 is 0 Å². The van der Waals surface area contributed by atoms with Crippen molar-refractivity contribution in [1.29, 1.82) is 0 Å². The Morgan fingerprint density at radius 2 is 2.00 bits per heavy atom. The van der Waals surface area contributed by atoms with E-state index < -0.39 is 17.6 Å². The van der Waals surface area contributed by atoms with Gasteiger partial charge in [0.15, 0.2) is 0 Å². The normalized spacial score (nSPS) is 11.8. The molecule has 1 aromatic rings. The predicted molar refractivity (Wildman–Crippen MR) is 55.0 cm³/mol. The molecule has 17 heavy (non-hydrogen) atoms. The molecule has 1 rings (SSSR count). The molecule has 0 unspecified atom stereocenters. The molecule has 0 atom stereocenters. The predicted octanol–water partition coefficient (Wildman–Crippen LogP) is 2.58. The van der Waals surface area contributed by atoms with Gasteiger partial charge in [0.1, 0.15) is 5.82 Å². The van der Waals surface area contributed by atoms with Crippen LogP contribution in [0.5, 0.6) is 0 Å². The molecule has 0 fully saturated rings. The third-order valence-electron chi connectivity index (χ3n) is 2.15. The minimum absolute atomic E-state index is 0.304. The summed E-state index contributed by atoms with van der Waals surface area (Å²) in [6.07, 6.45) is -4.65. The van der Waals surface area contributed by atoms with Gasteiger partial charge in [0.2, 0.25) is 0 Å². The van der Waals surface area contributed by atoms with Crippen molar-refractivity contribution in [2.75, 3.05) is 20.3 Å². The van der Waals surface area contributed by atoms with Gasteiger partial charge in [-0.15, -0.1) is 0 Å². The lowest BCUT2D eigenvalue weighted by atomic mass is 10.1. The molecule has 0 radical (unpaired) electrons. The van der Waals surface area contributed by atoms with Gasteiger partial charge in [-0.3, -0.25) is 0 Å². The van der Waals surface area contributed by atoms with Gasteiger partial charge in [-0.25, -0.2) is 4.39 Å². The SMILES string of the molecule is COCCNCc1ccc(C(F)(F)F)c(F)c1. The van der Waals surface area contributed by atoms with E-state index in [0.717, 1.165) is 12.1 Å². The Morgan fingerprint density at radius 1 is 1.29 bits per heavy atom. The van der Waals surface area contributed by atoms with Crippen LogP contribution in [0.4, 0.5) is 17.6 Å². The summed E-state index contributed by atoms with van der Waals surface area (Å²) in [5.41, 5.74) is -0.773. The maximum absolute atomic E-state index is 13.1. The van der Waals surface area contributed by atoms with Crippen molar-refractivity contribution in [3.05, 3.63) is 35.1 Å². The second-order valence-corrected chi connectivity index (χ2v) is 3.48. The Bertz CT molecular complexity index is 365. The van der Waals surface area contributed by atoms with Crippen LogP contribution in [0, 0.1) is 5.82 Å². The maximum Gasteiger partial charge on any atom is 0.419 e. The summed E-state index contributed by atoms with van der Waals surface area (Å²) >= 11 is 0. The monoisotopic (exact) mass is 251 g/mol. The van der Waals surface area contributed by atoms with Crippen LogP contribution in [0.1, 0.15) is 11.1 Å². The average Bonchev–Trinajstić information content (AvgIpc) is 2.23. The Balaban J connectivity index is 2.63. The molecule has 1 N–H and O–H groups in total. The van der Waals surface area contributed by atoms with Gasteiger partial charge in [-0.05, 0) is 17.7 Å².